The molecule has 4 amide bonds. The fourth-order valence-corrected chi connectivity index (χ4v) is 4.34. The van der Waals surface area contributed by atoms with E-state index in [1.54, 1.807) is 42.6 Å². The monoisotopic (exact) mass is 544 g/mol. The lowest BCUT2D eigenvalue weighted by Gasteiger charge is -2.26. The third-order valence-corrected chi connectivity index (χ3v) is 6.33. The molecule has 0 aliphatic carbocycles. The van der Waals surface area contributed by atoms with Gasteiger partial charge in [0, 0.05) is 45.8 Å². The number of anilines is 1. The summed E-state index contributed by atoms with van der Waals surface area (Å²) in [4.78, 5) is 49.8. The number of urea groups is 1. The Bertz CT molecular complexity index is 1570. The van der Waals surface area contributed by atoms with Gasteiger partial charge in [0.05, 0.1) is 10.6 Å². The highest BCUT2D eigenvalue weighted by molar-refractivity contribution is 9.10. The van der Waals surface area contributed by atoms with Crippen LogP contribution >= 0.6 is 15.9 Å². The highest BCUT2D eigenvalue weighted by atomic mass is 79.9. The first-order valence-electron chi connectivity index (χ1n) is 10.8. The highest BCUT2D eigenvalue weighted by Crippen LogP contribution is 2.28. The summed E-state index contributed by atoms with van der Waals surface area (Å²) in [5, 5.41) is 14.0. The molecule has 0 bridgehead atoms. The second kappa shape index (κ2) is 9.23. The molecular formula is C26H17BrN4O5. The Morgan fingerprint density at radius 1 is 0.944 bits per heavy atom. The number of hydrogen-bond donors (Lipinski definition) is 1. The van der Waals surface area contributed by atoms with Crippen molar-refractivity contribution < 1.29 is 19.3 Å². The molecule has 178 valence electrons. The fourth-order valence-electron chi connectivity index (χ4n) is 4.08. The van der Waals surface area contributed by atoms with Crippen LogP contribution in [0.2, 0.25) is 0 Å². The van der Waals surface area contributed by atoms with Crippen molar-refractivity contribution in [2.45, 2.75) is 6.54 Å². The van der Waals surface area contributed by atoms with E-state index in [-0.39, 0.29) is 11.3 Å². The number of hydrogen-bond acceptors (Lipinski definition) is 5. The SMILES string of the molecule is O=C1NC(=O)N(c2ccc(Br)cc2)C(=O)/C1=C/c1cn(Cc2ccc([N+](=O)[O-])cc2)c2ccccc12. The maximum Gasteiger partial charge on any atom is 0.335 e. The van der Waals surface area contributed by atoms with Crippen LogP contribution in [0, 0.1) is 10.1 Å². The number of nitrogens with zero attached hydrogens (tertiary/aromatic N) is 3. The Balaban J connectivity index is 1.53. The summed E-state index contributed by atoms with van der Waals surface area (Å²) < 4.78 is 2.72. The number of carbonyl (C=O) groups is 3. The van der Waals surface area contributed by atoms with Crippen LogP contribution in [-0.2, 0) is 16.1 Å². The molecule has 1 aliphatic heterocycles. The lowest BCUT2D eigenvalue weighted by atomic mass is 10.1. The van der Waals surface area contributed by atoms with Gasteiger partial charge in [0.2, 0.25) is 0 Å². The quantitative estimate of drug-likeness (QED) is 0.164. The molecule has 0 spiro atoms. The average Bonchev–Trinajstić information content (AvgIpc) is 3.20. The number of amides is 4. The van der Waals surface area contributed by atoms with Crippen LogP contribution in [-0.4, -0.2) is 27.3 Å². The minimum absolute atomic E-state index is 0.00763. The number of imide groups is 2. The summed E-state index contributed by atoms with van der Waals surface area (Å²) in [6.45, 7) is 0.422. The van der Waals surface area contributed by atoms with Gasteiger partial charge in [-0.1, -0.05) is 46.3 Å². The number of barbiturate groups is 1. The first kappa shape index (κ1) is 23.2. The van der Waals surface area contributed by atoms with Crippen LogP contribution in [0.15, 0.2) is 89.0 Å². The van der Waals surface area contributed by atoms with Gasteiger partial charge in [-0.25, -0.2) is 9.69 Å². The van der Waals surface area contributed by atoms with E-state index in [2.05, 4.69) is 21.2 Å². The molecule has 3 aromatic carbocycles. The molecule has 1 aromatic heterocycles. The number of benzene rings is 3. The van der Waals surface area contributed by atoms with Crippen molar-refractivity contribution in [3.63, 3.8) is 0 Å². The molecule has 2 heterocycles. The molecule has 0 atom stereocenters. The molecule has 36 heavy (non-hydrogen) atoms. The van der Waals surface area contributed by atoms with Crippen LogP contribution in [0.5, 0.6) is 0 Å². The lowest BCUT2D eigenvalue weighted by Crippen LogP contribution is -2.54. The predicted octanol–water partition coefficient (Wildman–Crippen LogP) is 5.03. The standard InChI is InChI=1S/C26H17BrN4O5/c27-18-7-11-19(12-8-18)30-25(33)22(24(32)28-26(30)34)13-17-15-29(23-4-2-1-3-21(17)23)14-16-5-9-20(10-6-16)31(35)36/h1-13,15H,14H2,(H,28,32,34)/b22-13+. The zero-order chi connectivity index (χ0) is 25.4. The Kier molecular flexibility index (Phi) is 5.95. The minimum atomic E-state index is -0.815. The van der Waals surface area contributed by atoms with Gasteiger partial charge in [0.25, 0.3) is 17.5 Å². The molecule has 9 nitrogen and oxygen atoms in total. The van der Waals surface area contributed by atoms with Gasteiger partial charge >= 0.3 is 6.03 Å². The van der Waals surface area contributed by atoms with Crippen molar-refractivity contribution in [1.29, 1.82) is 0 Å². The molecule has 0 radical (unpaired) electrons. The molecule has 0 saturated carbocycles. The molecule has 4 aromatic rings. The van der Waals surface area contributed by atoms with E-state index >= 15 is 0 Å². The van der Waals surface area contributed by atoms with Crippen molar-refractivity contribution in [1.82, 2.24) is 9.88 Å². The van der Waals surface area contributed by atoms with E-state index in [9.17, 15) is 24.5 Å². The molecule has 1 aliphatic rings. The topological polar surface area (TPSA) is 115 Å². The molecule has 0 unspecified atom stereocenters. The third kappa shape index (κ3) is 4.29. The van der Waals surface area contributed by atoms with Gasteiger partial charge in [-0.05, 0) is 42.0 Å². The number of rotatable bonds is 5. The van der Waals surface area contributed by atoms with Crippen LogP contribution < -0.4 is 10.2 Å². The first-order valence-corrected chi connectivity index (χ1v) is 11.6. The van der Waals surface area contributed by atoms with Gasteiger partial charge in [-0.15, -0.1) is 0 Å². The normalized spacial score (nSPS) is 15.0. The fraction of sp³-hybridized carbons (Fsp3) is 0.0385. The summed E-state index contributed by atoms with van der Waals surface area (Å²) in [5.41, 5.74) is 2.49. The molecule has 5 rings (SSSR count). The minimum Gasteiger partial charge on any atom is -0.342 e. The number of nitro benzene ring substituents is 1. The predicted molar refractivity (Wildman–Crippen MR) is 137 cm³/mol. The van der Waals surface area contributed by atoms with Crippen LogP contribution in [0.4, 0.5) is 16.2 Å². The maximum absolute atomic E-state index is 13.3. The van der Waals surface area contributed by atoms with E-state index in [0.717, 1.165) is 25.8 Å². The van der Waals surface area contributed by atoms with Gasteiger partial charge in [0.1, 0.15) is 5.57 Å². The number of nitrogens with one attached hydrogen (secondary N) is 1. The first-order chi connectivity index (χ1) is 17.3. The molecule has 1 N–H and O–H groups in total. The largest absolute Gasteiger partial charge is 0.342 e. The second-order valence-electron chi connectivity index (χ2n) is 8.09. The summed E-state index contributed by atoms with van der Waals surface area (Å²) in [5.74, 6) is -1.50. The van der Waals surface area contributed by atoms with Gasteiger partial charge in [-0.2, -0.15) is 0 Å². The van der Waals surface area contributed by atoms with E-state index in [1.165, 1.54) is 18.2 Å². The molecular weight excluding hydrogens is 528 g/mol. The van der Waals surface area contributed by atoms with Crippen molar-refractivity contribution in [3.05, 3.63) is 110 Å². The van der Waals surface area contributed by atoms with Gasteiger partial charge < -0.3 is 4.57 Å². The average molecular weight is 545 g/mol. The number of nitro groups is 1. The van der Waals surface area contributed by atoms with Crippen molar-refractivity contribution in [3.8, 4) is 0 Å². The Hall–Kier alpha value is -4.57. The molecule has 1 fully saturated rings. The van der Waals surface area contributed by atoms with E-state index in [1.807, 2.05) is 28.8 Å². The van der Waals surface area contributed by atoms with Gasteiger partial charge in [0.15, 0.2) is 0 Å². The van der Waals surface area contributed by atoms with E-state index in [0.29, 0.717) is 17.8 Å². The van der Waals surface area contributed by atoms with Crippen LogP contribution in [0.3, 0.4) is 0 Å². The number of aromatic nitrogens is 1. The summed E-state index contributed by atoms with van der Waals surface area (Å²) in [6, 6.07) is 19.5. The Morgan fingerprint density at radius 2 is 1.64 bits per heavy atom. The Morgan fingerprint density at radius 3 is 2.33 bits per heavy atom. The van der Waals surface area contributed by atoms with Crippen LogP contribution in [0.1, 0.15) is 11.1 Å². The van der Waals surface area contributed by atoms with E-state index in [4.69, 9.17) is 0 Å². The van der Waals surface area contributed by atoms with Crippen molar-refractivity contribution in [2.24, 2.45) is 0 Å². The number of carbonyl (C=O) groups excluding carboxylic acids is 3. The number of halogens is 1. The van der Waals surface area contributed by atoms with Crippen LogP contribution in [0.25, 0.3) is 17.0 Å². The zero-order valence-corrected chi connectivity index (χ0v) is 20.1. The van der Waals surface area contributed by atoms with Crippen molar-refractivity contribution >= 4 is 62.1 Å². The van der Waals surface area contributed by atoms with E-state index < -0.39 is 22.8 Å². The zero-order valence-electron chi connectivity index (χ0n) is 18.6. The summed E-state index contributed by atoms with van der Waals surface area (Å²) >= 11 is 3.32. The summed E-state index contributed by atoms with van der Waals surface area (Å²) in [6.07, 6.45) is 3.28. The molecule has 10 heteroatoms. The Labute approximate surface area is 212 Å². The highest BCUT2D eigenvalue weighted by Gasteiger charge is 2.37. The maximum atomic E-state index is 13.3. The van der Waals surface area contributed by atoms with Gasteiger partial charge in [-0.3, -0.25) is 25.0 Å². The van der Waals surface area contributed by atoms with Crippen molar-refractivity contribution in [2.75, 3.05) is 4.90 Å². The third-order valence-electron chi connectivity index (χ3n) is 5.81. The smallest absolute Gasteiger partial charge is 0.335 e. The second-order valence-corrected chi connectivity index (χ2v) is 9.00. The number of fused-ring (bicyclic) bond motifs is 1. The number of non-ortho nitro benzene ring substituents is 1. The summed E-state index contributed by atoms with van der Waals surface area (Å²) in [7, 11) is 0. The molecule has 1 saturated heterocycles. The number of para-hydroxylation sites is 1. The lowest BCUT2D eigenvalue weighted by molar-refractivity contribution is -0.384.